The van der Waals surface area contributed by atoms with Crippen LogP contribution in [0.1, 0.15) is 29.1 Å². The molecule has 0 saturated heterocycles. The summed E-state index contributed by atoms with van der Waals surface area (Å²) in [4.78, 5) is 12.5. The number of anilines is 1. The maximum absolute atomic E-state index is 12.5. The first kappa shape index (κ1) is 19.6. The molecule has 0 unspecified atom stereocenters. The van der Waals surface area contributed by atoms with Gasteiger partial charge in [-0.05, 0) is 63.1 Å². The second-order valence-electron chi connectivity index (χ2n) is 7.47. The molecule has 6 heteroatoms. The molecule has 0 fully saturated rings. The van der Waals surface area contributed by atoms with Gasteiger partial charge in [0.15, 0.2) is 0 Å². The molecular formula is C24H25N5O. The number of carbonyl (C=O) groups is 1. The van der Waals surface area contributed by atoms with Crippen molar-refractivity contribution in [3.05, 3.63) is 89.4 Å². The van der Waals surface area contributed by atoms with Gasteiger partial charge in [-0.2, -0.15) is 10.2 Å². The van der Waals surface area contributed by atoms with E-state index in [1.165, 1.54) is 0 Å². The minimum Gasteiger partial charge on any atom is -0.311 e. The minimum absolute atomic E-state index is 0.0327. The fraction of sp³-hybridized carbons (Fsp3) is 0.208. The molecule has 0 aliphatic heterocycles. The van der Waals surface area contributed by atoms with Gasteiger partial charge in [0.2, 0.25) is 5.91 Å². The summed E-state index contributed by atoms with van der Waals surface area (Å²) in [6.07, 6.45) is 1.07. The molecule has 152 valence electrons. The van der Waals surface area contributed by atoms with Gasteiger partial charge < -0.3 is 5.32 Å². The van der Waals surface area contributed by atoms with Gasteiger partial charge in [0.05, 0.1) is 22.8 Å². The summed E-state index contributed by atoms with van der Waals surface area (Å²) in [6, 6.07) is 21.9. The second-order valence-corrected chi connectivity index (χ2v) is 7.47. The predicted octanol–water partition coefficient (Wildman–Crippen LogP) is 4.55. The lowest BCUT2D eigenvalue weighted by Crippen LogP contribution is -2.15. The summed E-state index contributed by atoms with van der Waals surface area (Å²) in [5, 5.41) is 12.0. The Bertz CT molecular complexity index is 1160. The van der Waals surface area contributed by atoms with Crippen LogP contribution in [-0.4, -0.2) is 25.5 Å². The van der Waals surface area contributed by atoms with E-state index in [0.717, 1.165) is 34.0 Å². The van der Waals surface area contributed by atoms with Crippen LogP contribution in [0, 0.1) is 20.8 Å². The number of nitrogens with one attached hydrogen (secondary N) is 1. The number of aryl methyl sites for hydroxylation is 4. The Kier molecular flexibility index (Phi) is 5.48. The zero-order chi connectivity index (χ0) is 21.1. The fourth-order valence-electron chi connectivity index (χ4n) is 3.51. The van der Waals surface area contributed by atoms with Gasteiger partial charge in [-0.25, -0.2) is 9.36 Å². The van der Waals surface area contributed by atoms with E-state index in [1.807, 2.05) is 74.0 Å². The lowest BCUT2D eigenvalue weighted by molar-refractivity contribution is -0.116. The monoisotopic (exact) mass is 399 g/mol. The van der Waals surface area contributed by atoms with Gasteiger partial charge in [-0.3, -0.25) is 4.79 Å². The number of aromatic nitrogens is 4. The molecule has 2 heterocycles. The number of hydrogen-bond acceptors (Lipinski definition) is 3. The molecule has 2 aromatic heterocycles. The molecule has 0 aliphatic carbocycles. The van der Waals surface area contributed by atoms with E-state index >= 15 is 0 Å². The third-order valence-corrected chi connectivity index (χ3v) is 4.93. The fourth-order valence-corrected chi connectivity index (χ4v) is 3.51. The van der Waals surface area contributed by atoms with Crippen molar-refractivity contribution in [3.8, 4) is 11.4 Å². The minimum atomic E-state index is -0.0327. The molecular weight excluding hydrogens is 374 g/mol. The molecule has 1 N–H and O–H groups in total. The van der Waals surface area contributed by atoms with Crippen LogP contribution >= 0.6 is 0 Å². The molecule has 0 bridgehead atoms. The highest BCUT2D eigenvalue weighted by molar-refractivity contribution is 5.90. The second kappa shape index (κ2) is 8.37. The standard InChI is InChI=1S/C24H25N5O/c1-17-15-19(3)28(26-17)22-12-9-20(10-13-22)11-14-24(30)25-23-16-18(2)27-29(23)21-7-5-4-6-8-21/h4-10,12-13,15-16H,11,14H2,1-3H3,(H,25,30). The third kappa shape index (κ3) is 4.33. The normalized spacial score (nSPS) is 10.9. The molecule has 0 atom stereocenters. The highest BCUT2D eigenvalue weighted by atomic mass is 16.1. The molecule has 30 heavy (non-hydrogen) atoms. The van der Waals surface area contributed by atoms with E-state index in [-0.39, 0.29) is 5.91 Å². The van der Waals surface area contributed by atoms with Gasteiger partial charge in [-0.15, -0.1) is 0 Å². The first-order valence-corrected chi connectivity index (χ1v) is 10.0. The van der Waals surface area contributed by atoms with Gasteiger partial charge >= 0.3 is 0 Å². The first-order chi connectivity index (χ1) is 14.5. The quantitative estimate of drug-likeness (QED) is 0.517. The van der Waals surface area contributed by atoms with Crippen LogP contribution < -0.4 is 5.32 Å². The van der Waals surface area contributed by atoms with Crippen LogP contribution in [0.5, 0.6) is 0 Å². The zero-order valence-corrected chi connectivity index (χ0v) is 17.5. The summed E-state index contributed by atoms with van der Waals surface area (Å²) < 4.78 is 3.69. The maximum atomic E-state index is 12.5. The summed E-state index contributed by atoms with van der Waals surface area (Å²) in [5.41, 5.74) is 6.01. The van der Waals surface area contributed by atoms with E-state index in [2.05, 4.69) is 33.7 Å². The highest BCUT2D eigenvalue weighted by Crippen LogP contribution is 2.18. The summed E-state index contributed by atoms with van der Waals surface area (Å²) in [7, 11) is 0. The number of nitrogens with zero attached hydrogens (tertiary/aromatic N) is 4. The number of amides is 1. The van der Waals surface area contributed by atoms with Crippen molar-refractivity contribution in [1.82, 2.24) is 19.6 Å². The molecule has 0 aliphatic rings. The van der Waals surface area contributed by atoms with Gasteiger partial charge in [-0.1, -0.05) is 30.3 Å². The van der Waals surface area contributed by atoms with Crippen LogP contribution in [-0.2, 0) is 11.2 Å². The summed E-state index contributed by atoms with van der Waals surface area (Å²) >= 11 is 0. The Hall–Kier alpha value is -3.67. The van der Waals surface area contributed by atoms with Crippen molar-refractivity contribution in [1.29, 1.82) is 0 Å². The first-order valence-electron chi connectivity index (χ1n) is 10.0. The average Bonchev–Trinajstić information content (AvgIpc) is 3.28. The number of para-hydroxylation sites is 1. The molecule has 4 aromatic rings. The van der Waals surface area contributed by atoms with E-state index in [1.54, 1.807) is 4.68 Å². The Morgan fingerprint density at radius 2 is 1.47 bits per heavy atom. The lowest BCUT2D eigenvalue weighted by atomic mass is 10.1. The number of benzene rings is 2. The van der Waals surface area contributed by atoms with Crippen molar-refractivity contribution in [2.24, 2.45) is 0 Å². The third-order valence-electron chi connectivity index (χ3n) is 4.93. The molecule has 4 rings (SSSR count). The lowest BCUT2D eigenvalue weighted by Gasteiger charge is -2.09. The van der Waals surface area contributed by atoms with Crippen LogP contribution in [0.4, 0.5) is 5.82 Å². The Morgan fingerprint density at radius 3 is 2.13 bits per heavy atom. The average molecular weight is 399 g/mol. The number of hydrogen-bond donors (Lipinski definition) is 1. The van der Waals surface area contributed by atoms with Crippen molar-refractivity contribution in [2.45, 2.75) is 33.6 Å². The van der Waals surface area contributed by atoms with Crippen LogP contribution in [0.3, 0.4) is 0 Å². The zero-order valence-electron chi connectivity index (χ0n) is 17.5. The Morgan fingerprint density at radius 1 is 0.833 bits per heavy atom. The Balaban J connectivity index is 1.39. The van der Waals surface area contributed by atoms with Crippen molar-refractivity contribution < 1.29 is 4.79 Å². The van der Waals surface area contributed by atoms with E-state index in [9.17, 15) is 4.79 Å². The van der Waals surface area contributed by atoms with E-state index < -0.39 is 0 Å². The summed E-state index contributed by atoms with van der Waals surface area (Å²) in [5.74, 6) is 0.651. The molecule has 6 nitrogen and oxygen atoms in total. The van der Waals surface area contributed by atoms with Gasteiger partial charge in [0.1, 0.15) is 5.82 Å². The Labute approximate surface area is 176 Å². The number of carbonyl (C=O) groups excluding carboxylic acids is 1. The molecule has 0 saturated carbocycles. The predicted molar refractivity (Wildman–Crippen MR) is 118 cm³/mol. The smallest absolute Gasteiger partial charge is 0.225 e. The largest absolute Gasteiger partial charge is 0.311 e. The topological polar surface area (TPSA) is 64.7 Å². The van der Waals surface area contributed by atoms with Crippen molar-refractivity contribution in [2.75, 3.05) is 5.32 Å². The van der Waals surface area contributed by atoms with Gasteiger partial charge in [0, 0.05) is 18.2 Å². The SMILES string of the molecule is Cc1cc(C)n(-c2ccc(CCC(=O)Nc3cc(C)nn3-c3ccccc3)cc2)n1. The maximum Gasteiger partial charge on any atom is 0.225 e. The van der Waals surface area contributed by atoms with E-state index in [4.69, 9.17) is 0 Å². The van der Waals surface area contributed by atoms with Gasteiger partial charge in [0.25, 0.3) is 0 Å². The van der Waals surface area contributed by atoms with Crippen LogP contribution in [0.25, 0.3) is 11.4 Å². The molecule has 0 radical (unpaired) electrons. The van der Waals surface area contributed by atoms with Crippen LogP contribution in [0.2, 0.25) is 0 Å². The molecule has 0 spiro atoms. The molecule has 1 amide bonds. The number of rotatable bonds is 6. The highest BCUT2D eigenvalue weighted by Gasteiger charge is 2.11. The summed E-state index contributed by atoms with van der Waals surface area (Å²) in [6.45, 7) is 5.95. The molecule has 2 aromatic carbocycles. The van der Waals surface area contributed by atoms with Crippen LogP contribution in [0.15, 0.2) is 66.7 Å². The van der Waals surface area contributed by atoms with Crippen molar-refractivity contribution >= 4 is 11.7 Å². The van der Waals surface area contributed by atoms with Crippen molar-refractivity contribution in [3.63, 3.8) is 0 Å². The van der Waals surface area contributed by atoms with E-state index in [0.29, 0.717) is 18.7 Å².